The fraction of sp³-hybridized carbons (Fsp3) is 0.226. The van der Waals surface area contributed by atoms with Gasteiger partial charge in [0.05, 0.1) is 24.9 Å². The lowest BCUT2D eigenvalue weighted by Crippen LogP contribution is -2.51. The molecule has 3 atom stereocenters. The van der Waals surface area contributed by atoms with E-state index in [2.05, 4.69) is 77.7 Å². The van der Waals surface area contributed by atoms with Crippen LogP contribution in [0.1, 0.15) is 22.3 Å². The van der Waals surface area contributed by atoms with Crippen LogP contribution in [0.5, 0.6) is 5.75 Å². The molecule has 2 N–H and O–H groups in total. The zero-order valence-corrected chi connectivity index (χ0v) is 19.7. The molecule has 1 fully saturated rings. The quantitative estimate of drug-likeness (QED) is 0.454. The van der Waals surface area contributed by atoms with Crippen LogP contribution in [0.15, 0.2) is 103 Å². The summed E-state index contributed by atoms with van der Waals surface area (Å²) in [6.45, 7) is 0.375. The summed E-state index contributed by atoms with van der Waals surface area (Å²) >= 11 is 0. The first-order valence-electron chi connectivity index (χ1n) is 12.2. The van der Waals surface area contributed by atoms with E-state index in [0.717, 1.165) is 16.9 Å². The van der Waals surface area contributed by atoms with E-state index in [-0.39, 0.29) is 6.04 Å². The summed E-state index contributed by atoms with van der Waals surface area (Å²) in [6, 6.07) is 35.3. The Labute approximate surface area is 206 Å². The van der Waals surface area contributed by atoms with Crippen LogP contribution in [0, 0.1) is 0 Å². The minimum Gasteiger partial charge on any atom is -0.497 e. The maximum absolute atomic E-state index is 11.3. The minimum atomic E-state index is -0.863. The number of hydrogen-bond acceptors (Lipinski definition) is 4. The molecule has 0 saturated carbocycles. The Morgan fingerprint density at radius 1 is 0.771 bits per heavy atom. The van der Waals surface area contributed by atoms with Crippen molar-refractivity contribution in [1.82, 2.24) is 4.90 Å². The van der Waals surface area contributed by atoms with Crippen molar-refractivity contribution >= 4 is 0 Å². The summed E-state index contributed by atoms with van der Waals surface area (Å²) in [5, 5.41) is 22.3. The molecule has 0 radical (unpaired) electrons. The van der Waals surface area contributed by atoms with E-state index in [1.807, 2.05) is 30.3 Å². The maximum atomic E-state index is 11.3. The second-order valence-electron chi connectivity index (χ2n) is 9.50. The van der Waals surface area contributed by atoms with Gasteiger partial charge in [-0.2, -0.15) is 0 Å². The Hall–Kier alpha value is -3.44. The zero-order valence-electron chi connectivity index (χ0n) is 19.7. The van der Waals surface area contributed by atoms with Gasteiger partial charge in [0.1, 0.15) is 5.75 Å². The molecule has 4 aromatic rings. The predicted molar refractivity (Wildman–Crippen MR) is 137 cm³/mol. The minimum absolute atomic E-state index is 0.280. The number of ether oxygens (including phenoxy) is 1. The molecule has 2 aliphatic rings. The molecule has 0 spiro atoms. The highest BCUT2D eigenvalue weighted by Gasteiger charge is 2.55. The molecule has 4 heteroatoms. The van der Waals surface area contributed by atoms with Gasteiger partial charge < -0.3 is 14.9 Å². The highest BCUT2D eigenvalue weighted by molar-refractivity contribution is 5.83. The van der Waals surface area contributed by atoms with Crippen LogP contribution < -0.4 is 4.74 Å². The fourth-order valence-corrected chi connectivity index (χ4v) is 6.18. The molecular weight excluding hydrogens is 434 g/mol. The third kappa shape index (κ3) is 3.33. The lowest BCUT2D eigenvalue weighted by Gasteiger charge is -2.45. The lowest BCUT2D eigenvalue weighted by atomic mass is 9.78. The van der Waals surface area contributed by atoms with Crippen molar-refractivity contribution in [1.29, 1.82) is 0 Å². The molecule has 1 heterocycles. The van der Waals surface area contributed by atoms with Crippen LogP contribution in [0.3, 0.4) is 0 Å². The highest BCUT2D eigenvalue weighted by atomic mass is 16.5. The molecule has 1 aliphatic carbocycles. The van der Waals surface area contributed by atoms with Gasteiger partial charge in [0, 0.05) is 12.6 Å². The van der Waals surface area contributed by atoms with Gasteiger partial charge in [0.25, 0.3) is 0 Å². The van der Waals surface area contributed by atoms with Crippen LogP contribution in [0.2, 0.25) is 0 Å². The van der Waals surface area contributed by atoms with Crippen LogP contribution in [0.25, 0.3) is 11.1 Å². The number of aliphatic hydroxyl groups is 2. The molecule has 0 amide bonds. The van der Waals surface area contributed by atoms with Gasteiger partial charge in [-0.1, -0.05) is 91.0 Å². The largest absolute Gasteiger partial charge is 0.497 e. The van der Waals surface area contributed by atoms with Crippen LogP contribution >= 0.6 is 0 Å². The van der Waals surface area contributed by atoms with Gasteiger partial charge in [-0.25, -0.2) is 0 Å². The molecule has 0 bridgehead atoms. The summed E-state index contributed by atoms with van der Waals surface area (Å²) in [5.74, 6) is 0.803. The summed E-state index contributed by atoms with van der Waals surface area (Å²) < 4.78 is 5.33. The first kappa shape index (κ1) is 22.1. The summed E-state index contributed by atoms with van der Waals surface area (Å²) in [7, 11) is 1.66. The van der Waals surface area contributed by atoms with Crippen LogP contribution in [0.4, 0.5) is 0 Å². The Bertz CT molecular complexity index is 1290. The maximum Gasteiger partial charge on any atom is 0.118 e. The van der Waals surface area contributed by atoms with Gasteiger partial charge in [0.2, 0.25) is 0 Å². The van der Waals surface area contributed by atoms with Gasteiger partial charge in [-0.05, 0) is 51.9 Å². The molecule has 4 aromatic carbocycles. The molecule has 35 heavy (non-hydrogen) atoms. The molecule has 0 unspecified atom stereocenters. The average Bonchev–Trinajstić information content (AvgIpc) is 3.37. The van der Waals surface area contributed by atoms with E-state index in [0.29, 0.717) is 13.0 Å². The predicted octanol–water partition coefficient (Wildman–Crippen LogP) is 4.62. The Morgan fingerprint density at radius 2 is 1.34 bits per heavy atom. The van der Waals surface area contributed by atoms with Crippen molar-refractivity contribution in [3.8, 4) is 16.9 Å². The summed E-state index contributed by atoms with van der Waals surface area (Å²) in [5.41, 5.74) is 6.39. The van der Waals surface area contributed by atoms with Gasteiger partial charge >= 0.3 is 0 Å². The fourth-order valence-electron chi connectivity index (χ4n) is 6.18. The van der Waals surface area contributed by atoms with Crippen molar-refractivity contribution in [2.24, 2.45) is 0 Å². The van der Waals surface area contributed by atoms with Gasteiger partial charge in [0.15, 0.2) is 0 Å². The highest BCUT2D eigenvalue weighted by Crippen LogP contribution is 2.56. The number of methoxy groups -OCH3 is 1. The summed E-state index contributed by atoms with van der Waals surface area (Å²) in [6.07, 6.45) is -1.09. The van der Waals surface area contributed by atoms with Gasteiger partial charge in [-0.3, -0.25) is 4.90 Å². The number of benzene rings is 4. The Balaban J connectivity index is 1.57. The molecule has 1 aliphatic heterocycles. The topological polar surface area (TPSA) is 52.9 Å². The first-order chi connectivity index (χ1) is 17.1. The van der Waals surface area contributed by atoms with E-state index in [1.54, 1.807) is 7.11 Å². The van der Waals surface area contributed by atoms with Crippen LogP contribution in [-0.2, 0) is 12.0 Å². The summed E-state index contributed by atoms with van der Waals surface area (Å²) in [4.78, 5) is 2.34. The number of likely N-dealkylation sites (tertiary alicyclic amines) is 1. The van der Waals surface area contributed by atoms with Crippen molar-refractivity contribution in [2.45, 2.75) is 30.2 Å². The number of aliphatic hydroxyl groups excluding tert-OH is 2. The van der Waals surface area contributed by atoms with E-state index >= 15 is 0 Å². The molecule has 0 aromatic heterocycles. The Kier molecular flexibility index (Phi) is 5.45. The zero-order chi connectivity index (χ0) is 24.0. The van der Waals surface area contributed by atoms with E-state index < -0.39 is 17.7 Å². The van der Waals surface area contributed by atoms with Crippen LogP contribution in [-0.4, -0.2) is 47.0 Å². The van der Waals surface area contributed by atoms with Crippen molar-refractivity contribution in [3.05, 3.63) is 125 Å². The lowest BCUT2D eigenvalue weighted by molar-refractivity contribution is 0.0334. The smallest absolute Gasteiger partial charge is 0.118 e. The van der Waals surface area contributed by atoms with E-state index in [4.69, 9.17) is 4.74 Å². The standard InChI is InChI=1S/C31H29NO3/c1-35-23-17-15-21(16-18-23)19-28-30(34)29(33)20-32(28)31(22-9-3-2-4-10-22)26-13-7-5-11-24(26)25-12-6-8-14-27(25)31/h2-18,28-30,33-34H,19-20H2,1H3/t28-,29-,30-/m0/s1. The molecule has 1 saturated heterocycles. The number of β-amino-alcohol motifs (C(OH)–C–C–N with tert-alkyl or cyclic N) is 1. The van der Waals surface area contributed by atoms with Crippen molar-refractivity contribution in [2.75, 3.05) is 13.7 Å². The first-order valence-corrected chi connectivity index (χ1v) is 12.2. The molecule has 176 valence electrons. The average molecular weight is 464 g/mol. The molecule has 6 rings (SSSR count). The van der Waals surface area contributed by atoms with E-state index in [1.165, 1.54) is 22.3 Å². The number of nitrogens with zero attached hydrogens (tertiary/aromatic N) is 1. The SMILES string of the molecule is COc1ccc(C[C@H]2[C@H](O)[C@@H](O)CN2C2(c3ccccc3)c3ccccc3-c3ccccc32)cc1. The van der Waals surface area contributed by atoms with Crippen molar-refractivity contribution in [3.63, 3.8) is 0 Å². The monoisotopic (exact) mass is 463 g/mol. The number of hydrogen-bond donors (Lipinski definition) is 2. The second-order valence-corrected chi connectivity index (χ2v) is 9.50. The van der Waals surface area contributed by atoms with Gasteiger partial charge in [-0.15, -0.1) is 0 Å². The van der Waals surface area contributed by atoms with Crippen molar-refractivity contribution < 1.29 is 14.9 Å². The Morgan fingerprint density at radius 3 is 1.94 bits per heavy atom. The normalized spacial score (nSPS) is 22.5. The number of fused-ring (bicyclic) bond motifs is 3. The molecule has 4 nitrogen and oxygen atoms in total. The van der Waals surface area contributed by atoms with E-state index in [9.17, 15) is 10.2 Å². The third-order valence-electron chi connectivity index (χ3n) is 7.72. The second kappa shape index (κ2) is 8.65. The number of rotatable bonds is 5. The molecular formula is C31H29NO3. The third-order valence-corrected chi connectivity index (χ3v) is 7.72.